The number of phenols is 1. The Labute approximate surface area is 82.2 Å². The zero-order valence-corrected chi connectivity index (χ0v) is 8.70. The van der Waals surface area contributed by atoms with Crippen molar-refractivity contribution in [3.05, 3.63) is 22.8 Å². The van der Waals surface area contributed by atoms with Gasteiger partial charge in [-0.3, -0.25) is 0 Å². The third-order valence-corrected chi connectivity index (χ3v) is 2.90. The smallest absolute Gasteiger partial charge is 0.138 e. The van der Waals surface area contributed by atoms with E-state index in [9.17, 15) is 5.11 Å². The highest BCUT2D eigenvalue weighted by Crippen LogP contribution is 2.32. The quantitative estimate of drug-likeness (QED) is 0.551. The number of nitrogens with zero attached hydrogens (tertiary/aromatic N) is 1. The van der Waals surface area contributed by atoms with Crippen LogP contribution in [0.15, 0.2) is 11.0 Å². The fourth-order valence-corrected chi connectivity index (χ4v) is 1.83. The normalized spacial score (nSPS) is 9.69. The summed E-state index contributed by atoms with van der Waals surface area (Å²) in [6, 6.07) is 1.84. The molecule has 0 aliphatic carbocycles. The molecule has 0 unspecified atom stereocenters. The Morgan fingerprint density at radius 1 is 1.31 bits per heavy atom. The molecule has 3 heteroatoms. The molecule has 2 nitrogen and oxygen atoms in total. The molecule has 0 aliphatic rings. The molecule has 0 saturated carbocycles. The lowest BCUT2D eigenvalue weighted by Gasteiger charge is -2.09. The second-order valence-electron chi connectivity index (χ2n) is 2.98. The van der Waals surface area contributed by atoms with E-state index in [0.29, 0.717) is 5.75 Å². The van der Waals surface area contributed by atoms with Crippen LogP contribution in [0.2, 0.25) is 0 Å². The van der Waals surface area contributed by atoms with E-state index in [4.69, 9.17) is 5.26 Å². The Balaban J connectivity index is 3.34. The SMILES string of the molecule is Cc1cc(SC#N)c(C)c(C)c1O. The van der Waals surface area contributed by atoms with Gasteiger partial charge >= 0.3 is 0 Å². The zero-order chi connectivity index (χ0) is 10.0. The number of thiocyanates is 1. The second kappa shape index (κ2) is 3.71. The summed E-state index contributed by atoms with van der Waals surface area (Å²) in [6.45, 7) is 5.61. The summed E-state index contributed by atoms with van der Waals surface area (Å²) in [7, 11) is 0. The first kappa shape index (κ1) is 9.94. The van der Waals surface area contributed by atoms with Crippen molar-refractivity contribution in [2.45, 2.75) is 25.7 Å². The maximum absolute atomic E-state index is 9.59. The maximum Gasteiger partial charge on any atom is 0.138 e. The molecule has 0 atom stereocenters. The van der Waals surface area contributed by atoms with Crippen molar-refractivity contribution in [3.63, 3.8) is 0 Å². The molecule has 0 fully saturated rings. The molecule has 1 aromatic rings. The van der Waals surface area contributed by atoms with Gasteiger partial charge in [0.1, 0.15) is 11.2 Å². The Hall–Kier alpha value is -1.14. The third-order valence-electron chi connectivity index (χ3n) is 2.16. The minimum Gasteiger partial charge on any atom is -0.507 e. The molecule has 13 heavy (non-hydrogen) atoms. The van der Waals surface area contributed by atoms with Gasteiger partial charge in [-0.2, -0.15) is 5.26 Å². The number of hydrogen-bond donors (Lipinski definition) is 1. The van der Waals surface area contributed by atoms with Gasteiger partial charge in [0.15, 0.2) is 0 Å². The van der Waals surface area contributed by atoms with E-state index in [1.807, 2.05) is 32.2 Å². The van der Waals surface area contributed by atoms with Crippen molar-refractivity contribution in [1.29, 1.82) is 5.26 Å². The average molecular weight is 193 g/mol. The zero-order valence-electron chi connectivity index (χ0n) is 7.88. The van der Waals surface area contributed by atoms with E-state index in [1.165, 1.54) is 0 Å². The van der Waals surface area contributed by atoms with Gasteiger partial charge < -0.3 is 5.11 Å². The van der Waals surface area contributed by atoms with Crippen LogP contribution in [-0.4, -0.2) is 5.11 Å². The van der Waals surface area contributed by atoms with Crippen molar-refractivity contribution in [3.8, 4) is 11.2 Å². The number of aromatic hydroxyl groups is 1. The summed E-state index contributed by atoms with van der Waals surface area (Å²) < 4.78 is 0. The van der Waals surface area contributed by atoms with Crippen molar-refractivity contribution in [2.75, 3.05) is 0 Å². The van der Waals surface area contributed by atoms with Crippen LogP contribution in [-0.2, 0) is 0 Å². The molecule has 0 amide bonds. The first-order valence-corrected chi connectivity index (χ1v) is 4.75. The van der Waals surface area contributed by atoms with Crippen LogP contribution in [0.5, 0.6) is 5.75 Å². The van der Waals surface area contributed by atoms with E-state index in [2.05, 4.69) is 0 Å². The molecule has 1 N–H and O–H groups in total. The summed E-state index contributed by atoms with van der Waals surface area (Å²) in [5.41, 5.74) is 2.66. The number of hydrogen-bond acceptors (Lipinski definition) is 3. The van der Waals surface area contributed by atoms with Crippen molar-refractivity contribution >= 4 is 11.8 Å². The van der Waals surface area contributed by atoms with E-state index >= 15 is 0 Å². The predicted molar refractivity (Wildman–Crippen MR) is 53.8 cm³/mol. The molecule has 0 spiro atoms. The van der Waals surface area contributed by atoms with Crippen LogP contribution in [0, 0.1) is 31.4 Å². The summed E-state index contributed by atoms with van der Waals surface area (Å²) in [5, 5.41) is 20.2. The average Bonchev–Trinajstić information content (AvgIpc) is 2.11. The van der Waals surface area contributed by atoms with Gasteiger partial charge in [0, 0.05) is 4.90 Å². The van der Waals surface area contributed by atoms with E-state index in [1.54, 1.807) is 0 Å². The molecule has 0 aliphatic heterocycles. The summed E-state index contributed by atoms with van der Waals surface area (Å²) in [5.74, 6) is 0.333. The molecule has 1 aromatic carbocycles. The van der Waals surface area contributed by atoms with Gasteiger partial charge in [-0.1, -0.05) is 0 Å². The van der Waals surface area contributed by atoms with Crippen LogP contribution >= 0.6 is 11.8 Å². The number of thioether (sulfide) groups is 1. The fraction of sp³-hybridized carbons (Fsp3) is 0.300. The molecule has 68 valence electrons. The van der Waals surface area contributed by atoms with Crippen molar-refractivity contribution in [1.82, 2.24) is 0 Å². The molecular weight excluding hydrogens is 182 g/mol. The van der Waals surface area contributed by atoms with E-state index in [0.717, 1.165) is 33.3 Å². The Kier molecular flexibility index (Phi) is 2.84. The van der Waals surface area contributed by atoms with Crippen LogP contribution in [0.1, 0.15) is 16.7 Å². The van der Waals surface area contributed by atoms with Gasteiger partial charge in [-0.25, -0.2) is 0 Å². The molecular formula is C10H11NOS. The summed E-state index contributed by atoms with van der Waals surface area (Å²) in [6.07, 6.45) is 0. The minimum atomic E-state index is 0.333. The molecule has 1 rings (SSSR count). The first-order chi connectivity index (χ1) is 6.07. The molecule has 0 aromatic heterocycles. The molecule has 0 heterocycles. The van der Waals surface area contributed by atoms with Crippen LogP contribution in [0.4, 0.5) is 0 Å². The summed E-state index contributed by atoms with van der Waals surface area (Å²) in [4.78, 5) is 0.926. The number of nitriles is 1. The molecule has 0 bridgehead atoms. The summed E-state index contributed by atoms with van der Waals surface area (Å²) >= 11 is 1.13. The highest BCUT2D eigenvalue weighted by Gasteiger charge is 2.08. The monoisotopic (exact) mass is 193 g/mol. The number of benzene rings is 1. The van der Waals surface area contributed by atoms with Gasteiger partial charge in [0.25, 0.3) is 0 Å². The van der Waals surface area contributed by atoms with Crippen LogP contribution < -0.4 is 0 Å². The van der Waals surface area contributed by atoms with Gasteiger partial charge in [-0.05, 0) is 55.3 Å². The van der Waals surface area contributed by atoms with Crippen molar-refractivity contribution < 1.29 is 5.11 Å². The van der Waals surface area contributed by atoms with Gasteiger partial charge in [0.05, 0.1) is 0 Å². The fourth-order valence-electron chi connectivity index (χ4n) is 1.19. The Morgan fingerprint density at radius 2 is 1.92 bits per heavy atom. The standard InChI is InChI=1S/C10H11NOS/c1-6-4-9(13-5-11)7(2)8(3)10(6)12/h4,12H,1-3H3. The minimum absolute atomic E-state index is 0.333. The largest absolute Gasteiger partial charge is 0.507 e. The highest BCUT2D eigenvalue weighted by atomic mass is 32.2. The number of phenolic OH excluding ortho intramolecular Hbond substituents is 1. The van der Waals surface area contributed by atoms with Crippen molar-refractivity contribution in [2.24, 2.45) is 0 Å². The molecule has 0 saturated heterocycles. The first-order valence-electron chi connectivity index (χ1n) is 3.93. The molecule has 0 radical (unpaired) electrons. The van der Waals surface area contributed by atoms with Crippen LogP contribution in [0.25, 0.3) is 0 Å². The second-order valence-corrected chi connectivity index (χ2v) is 3.81. The van der Waals surface area contributed by atoms with E-state index in [-0.39, 0.29) is 0 Å². The van der Waals surface area contributed by atoms with Gasteiger partial charge in [0.2, 0.25) is 0 Å². The van der Waals surface area contributed by atoms with E-state index < -0.39 is 0 Å². The Morgan fingerprint density at radius 3 is 2.46 bits per heavy atom. The third kappa shape index (κ3) is 1.78. The maximum atomic E-state index is 9.59. The topological polar surface area (TPSA) is 44.0 Å². The lowest BCUT2D eigenvalue weighted by Crippen LogP contribution is -1.88. The highest BCUT2D eigenvalue weighted by molar-refractivity contribution is 8.03. The predicted octanol–water partition coefficient (Wildman–Crippen LogP) is 2.89. The number of aryl methyl sites for hydroxylation is 1. The lowest BCUT2D eigenvalue weighted by molar-refractivity contribution is 0.465. The Bertz CT molecular complexity index is 379. The lowest BCUT2D eigenvalue weighted by atomic mass is 10.1. The van der Waals surface area contributed by atoms with Gasteiger partial charge in [-0.15, -0.1) is 0 Å². The number of rotatable bonds is 1. The van der Waals surface area contributed by atoms with Crippen LogP contribution in [0.3, 0.4) is 0 Å².